The van der Waals surface area contributed by atoms with Crippen LogP contribution < -0.4 is 11.1 Å². The molecule has 0 saturated carbocycles. The van der Waals surface area contributed by atoms with E-state index in [1.54, 1.807) is 17.0 Å². The second-order valence-electron chi connectivity index (χ2n) is 4.69. The highest BCUT2D eigenvalue weighted by Crippen LogP contribution is 2.12. The van der Waals surface area contributed by atoms with Crippen LogP contribution in [0.1, 0.15) is 17.4 Å². The third kappa shape index (κ3) is 2.73. The van der Waals surface area contributed by atoms with E-state index in [1.807, 2.05) is 25.1 Å². The lowest BCUT2D eigenvalue weighted by molar-refractivity contribution is 0.0932. The van der Waals surface area contributed by atoms with Gasteiger partial charge in [0.15, 0.2) is 5.58 Å². The Balaban J connectivity index is 1.77. The Kier molecular flexibility index (Phi) is 3.57. The lowest BCUT2D eigenvalue weighted by atomic mass is 10.3. The molecule has 21 heavy (non-hydrogen) atoms. The number of carbonyl (C=O) groups is 1. The van der Waals surface area contributed by atoms with Gasteiger partial charge in [-0.3, -0.25) is 9.36 Å². The van der Waals surface area contributed by atoms with Crippen LogP contribution in [-0.4, -0.2) is 21.5 Å². The van der Waals surface area contributed by atoms with E-state index in [-0.39, 0.29) is 11.9 Å². The third-order valence-electron chi connectivity index (χ3n) is 3.07. The fraction of sp³-hybridized carbons (Fsp3) is 0.214. The highest BCUT2D eigenvalue weighted by Gasteiger charge is 2.15. The minimum absolute atomic E-state index is 0.224. The molecule has 3 aromatic rings. The number of hydrogen-bond acceptors (Lipinski definition) is 5. The Morgan fingerprint density at radius 3 is 3.05 bits per heavy atom. The van der Waals surface area contributed by atoms with Gasteiger partial charge in [-0.1, -0.05) is 12.1 Å². The fourth-order valence-corrected chi connectivity index (χ4v) is 2.66. The number of fused-ring (bicyclic) bond motifs is 1. The first-order valence-corrected chi connectivity index (χ1v) is 7.37. The average molecular weight is 303 g/mol. The molecular formula is C14H13N3O3S. The van der Waals surface area contributed by atoms with Gasteiger partial charge in [0.1, 0.15) is 5.69 Å². The van der Waals surface area contributed by atoms with E-state index in [2.05, 4.69) is 10.3 Å². The largest absolute Gasteiger partial charge is 0.420 e. The highest BCUT2D eigenvalue weighted by atomic mass is 32.1. The molecule has 108 valence electrons. The molecule has 0 fully saturated rings. The number of benzene rings is 1. The average Bonchev–Trinajstić information content (AvgIpc) is 3.08. The molecule has 2 aromatic heterocycles. The van der Waals surface area contributed by atoms with Crippen molar-refractivity contribution in [3.63, 3.8) is 0 Å². The first-order valence-electron chi connectivity index (χ1n) is 6.42. The summed E-state index contributed by atoms with van der Waals surface area (Å²) in [7, 11) is 0. The molecular weight excluding hydrogens is 290 g/mol. The number of oxazole rings is 1. The van der Waals surface area contributed by atoms with Gasteiger partial charge in [0.05, 0.1) is 11.0 Å². The summed E-state index contributed by atoms with van der Waals surface area (Å²) in [6.45, 7) is 2.17. The molecule has 0 saturated heterocycles. The summed E-state index contributed by atoms with van der Waals surface area (Å²) >= 11 is 1.36. The number of nitrogens with one attached hydrogen (secondary N) is 1. The number of amides is 1. The van der Waals surface area contributed by atoms with Crippen molar-refractivity contribution >= 4 is 28.3 Å². The minimum atomic E-state index is -0.425. The number of hydrogen-bond donors (Lipinski definition) is 1. The maximum atomic E-state index is 11.9. The van der Waals surface area contributed by atoms with E-state index >= 15 is 0 Å². The van der Waals surface area contributed by atoms with Crippen LogP contribution in [0.3, 0.4) is 0 Å². The zero-order valence-electron chi connectivity index (χ0n) is 11.3. The van der Waals surface area contributed by atoms with Crippen molar-refractivity contribution in [1.29, 1.82) is 0 Å². The molecule has 3 rings (SSSR count). The Labute approximate surface area is 124 Å². The molecule has 1 amide bonds. The van der Waals surface area contributed by atoms with Crippen molar-refractivity contribution in [2.75, 3.05) is 0 Å². The summed E-state index contributed by atoms with van der Waals surface area (Å²) < 4.78 is 6.68. The van der Waals surface area contributed by atoms with Gasteiger partial charge in [0.2, 0.25) is 0 Å². The first-order chi connectivity index (χ1) is 10.1. The van der Waals surface area contributed by atoms with E-state index in [1.165, 1.54) is 15.9 Å². The standard InChI is InChI=1S/C14H13N3O3S/c1-9(16-13(18)10-7-21-8-15-10)6-17-11-4-2-3-5-12(11)20-14(17)19/h2-5,7-9H,6H2,1H3,(H,16,18)/t9-/m1/s1. The molecule has 1 aromatic carbocycles. The van der Waals surface area contributed by atoms with Crippen LogP contribution in [0.4, 0.5) is 0 Å². The van der Waals surface area contributed by atoms with Crippen molar-refractivity contribution in [2.45, 2.75) is 19.5 Å². The summed E-state index contributed by atoms with van der Waals surface area (Å²) in [6, 6.07) is 6.98. The molecule has 1 atom stereocenters. The van der Waals surface area contributed by atoms with E-state index in [0.717, 1.165) is 5.52 Å². The maximum Gasteiger partial charge on any atom is 0.420 e. The summed E-state index contributed by atoms with van der Waals surface area (Å²) in [5.41, 5.74) is 3.25. The summed E-state index contributed by atoms with van der Waals surface area (Å²) in [4.78, 5) is 27.7. The van der Waals surface area contributed by atoms with Crippen LogP contribution in [0.5, 0.6) is 0 Å². The maximum absolute atomic E-state index is 11.9. The van der Waals surface area contributed by atoms with Crippen molar-refractivity contribution in [2.24, 2.45) is 0 Å². The molecule has 2 heterocycles. The van der Waals surface area contributed by atoms with Gasteiger partial charge in [-0.05, 0) is 19.1 Å². The number of carbonyl (C=O) groups excluding carboxylic acids is 1. The number of thiazole rings is 1. The summed E-state index contributed by atoms with van der Waals surface area (Å²) in [5.74, 6) is -0.671. The van der Waals surface area contributed by atoms with E-state index in [4.69, 9.17) is 4.42 Å². The molecule has 0 bridgehead atoms. The van der Waals surface area contributed by atoms with Crippen LogP contribution in [0, 0.1) is 0 Å². The van der Waals surface area contributed by atoms with Crippen LogP contribution in [0.15, 0.2) is 44.4 Å². The molecule has 0 aliphatic heterocycles. The zero-order valence-corrected chi connectivity index (χ0v) is 12.1. The predicted octanol–water partition coefficient (Wildman–Crippen LogP) is 1.87. The van der Waals surface area contributed by atoms with Gasteiger partial charge < -0.3 is 9.73 Å². The summed E-state index contributed by atoms with van der Waals surface area (Å²) in [6.07, 6.45) is 0. The molecule has 0 aliphatic rings. The SMILES string of the molecule is C[C@H](Cn1c(=O)oc2ccccc21)NC(=O)c1cscn1. The van der Waals surface area contributed by atoms with Crippen molar-refractivity contribution in [3.05, 3.63) is 51.4 Å². The number of para-hydroxylation sites is 2. The lowest BCUT2D eigenvalue weighted by Crippen LogP contribution is -2.37. The second kappa shape index (κ2) is 5.53. The monoisotopic (exact) mass is 303 g/mol. The van der Waals surface area contributed by atoms with Gasteiger partial charge in [-0.15, -0.1) is 11.3 Å². The van der Waals surface area contributed by atoms with E-state index < -0.39 is 5.76 Å². The quantitative estimate of drug-likeness (QED) is 0.798. The Morgan fingerprint density at radius 1 is 1.48 bits per heavy atom. The van der Waals surface area contributed by atoms with E-state index in [9.17, 15) is 9.59 Å². The van der Waals surface area contributed by atoms with Gasteiger partial charge >= 0.3 is 5.76 Å². The normalized spacial score (nSPS) is 12.4. The van der Waals surface area contributed by atoms with Crippen LogP contribution in [0.25, 0.3) is 11.1 Å². The van der Waals surface area contributed by atoms with Crippen molar-refractivity contribution in [3.8, 4) is 0 Å². The molecule has 0 radical (unpaired) electrons. The summed E-state index contributed by atoms with van der Waals surface area (Å²) in [5, 5.41) is 4.50. The Morgan fingerprint density at radius 2 is 2.29 bits per heavy atom. The van der Waals surface area contributed by atoms with Gasteiger partial charge in [0.25, 0.3) is 5.91 Å². The van der Waals surface area contributed by atoms with Gasteiger partial charge in [0, 0.05) is 18.0 Å². The Hall–Kier alpha value is -2.41. The second-order valence-corrected chi connectivity index (χ2v) is 5.41. The lowest BCUT2D eigenvalue weighted by Gasteiger charge is -2.13. The van der Waals surface area contributed by atoms with E-state index in [0.29, 0.717) is 17.8 Å². The number of aromatic nitrogens is 2. The van der Waals surface area contributed by atoms with Gasteiger partial charge in [-0.2, -0.15) is 0 Å². The van der Waals surface area contributed by atoms with Gasteiger partial charge in [-0.25, -0.2) is 9.78 Å². The van der Waals surface area contributed by atoms with Crippen LogP contribution in [-0.2, 0) is 6.54 Å². The smallest absolute Gasteiger partial charge is 0.408 e. The Bertz CT molecular complexity index is 819. The molecule has 1 N–H and O–H groups in total. The molecule has 6 nitrogen and oxygen atoms in total. The molecule has 0 spiro atoms. The molecule has 7 heteroatoms. The van der Waals surface area contributed by atoms with Crippen LogP contribution in [0.2, 0.25) is 0 Å². The topological polar surface area (TPSA) is 77.1 Å². The number of rotatable bonds is 4. The first kappa shape index (κ1) is 13.6. The van der Waals surface area contributed by atoms with Crippen LogP contribution >= 0.6 is 11.3 Å². The molecule has 0 aliphatic carbocycles. The fourth-order valence-electron chi connectivity index (χ4n) is 2.13. The highest BCUT2D eigenvalue weighted by molar-refractivity contribution is 7.07. The van der Waals surface area contributed by atoms with Crippen molar-refractivity contribution < 1.29 is 9.21 Å². The number of nitrogens with zero attached hydrogens (tertiary/aromatic N) is 2. The predicted molar refractivity (Wildman–Crippen MR) is 79.5 cm³/mol. The minimum Gasteiger partial charge on any atom is -0.408 e. The molecule has 0 unspecified atom stereocenters. The zero-order chi connectivity index (χ0) is 14.8. The van der Waals surface area contributed by atoms with Crippen molar-refractivity contribution in [1.82, 2.24) is 14.9 Å². The third-order valence-corrected chi connectivity index (χ3v) is 3.66.